The first-order valence-electron chi connectivity index (χ1n) is 36.0. The highest BCUT2D eigenvalue weighted by atomic mass is 16.4. The third-order valence-corrected chi connectivity index (χ3v) is 19.1. The van der Waals surface area contributed by atoms with Crippen LogP contribution in [0.25, 0.3) is 0 Å². The molecule has 0 bridgehead atoms. The van der Waals surface area contributed by atoms with E-state index in [1.807, 2.05) is 55.4 Å². The molecule has 1 saturated heterocycles. The second-order valence-electron chi connectivity index (χ2n) is 30.3. The molecule has 12 atom stereocenters. The van der Waals surface area contributed by atoms with E-state index in [9.17, 15) is 53.4 Å². The SMILES string of the molecule is CC[C@@H]1NC(=O)[C@H]([C@H](O)[C@H](C)CCCCCCCCC(=O)c2ccc(C(=O)O)cc2)N(C)C(=O)[C@H](C(C)C)N(C)C(=O)[C@H](CC(C)C)N(C)C(=O)[C@H](CC(C)C)N(C)C(=O)[C@@H](C)NC(=O)[C@H](C)NC(=O)[C@H](CC(C)C)N(C)C(=O)[C@H](C(C)C)NC(=O)[C@H](CC(C)C)N(C)C(=O)CN(C)C1=O. The predicted octanol–water partition coefficient (Wildman–Crippen LogP) is 6.00. The summed E-state index contributed by atoms with van der Waals surface area (Å²) in [5, 5.41) is 32.7. The highest BCUT2D eigenvalue weighted by molar-refractivity contribution is 6.00. The van der Waals surface area contributed by atoms with E-state index in [1.54, 1.807) is 41.5 Å². The summed E-state index contributed by atoms with van der Waals surface area (Å²) in [6.07, 6.45) is 4.02. The molecule has 566 valence electrons. The quantitative estimate of drug-likeness (QED) is 0.0510. The number of carbonyl (C=O) groups excluding carboxylic acids is 12. The number of carboxylic acid groups (broad SMARTS) is 1. The molecule has 1 aromatic carbocycles. The van der Waals surface area contributed by atoms with Crippen molar-refractivity contribution in [3.8, 4) is 0 Å². The summed E-state index contributed by atoms with van der Waals surface area (Å²) in [6.45, 7) is 27.4. The van der Waals surface area contributed by atoms with Crippen molar-refractivity contribution in [3.05, 3.63) is 35.4 Å². The number of likely N-dealkylation sites (N-methyl/N-ethyl adjacent to an activating group) is 7. The molecule has 0 aromatic heterocycles. The fourth-order valence-electron chi connectivity index (χ4n) is 12.8. The van der Waals surface area contributed by atoms with Gasteiger partial charge in [-0.1, -0.05) is 141 Å². The lowest BCUT2D eigenvalue weighted by Crippen LogP contribution is -2.63. The van der Waals surface area contributed by atoms with Crippen LogP contribution >= 0.6 is 0 Å². The highest BCUT2D eigenvalue weighted by Crippen LogP contribution is 2.27. The number of aliphatic hydroxyl groups is 1. The number of aliphatic hydroxyl groups excluding tert-OH is 1. The van der Waals surface area contributed by atoms with Gasteiger partial charge >= 0.3 is 5.97 Å². The standard InChI is InChI=1S/C74H125N11O15/c1-24-53-69(94)79(17)41-59(87)80(18)54(37-42(2)3)66(91)78-60(46(10)11)72(97)81(19)55(38-43(4)5)65(90)75-49(15)64(89)76-50(16)68(93)82(20)56(39-44(6)7)70(95)83(21)57(40-45(8)9)71(96)84(22)61(47(12)13)73(98)85(23)62(67(92)77-53)63(88)48(14)31-29-27-25-26-28-30-32-58(86)51-33-35-52(36-34-51)74(99)100/h33-36,42-50,53-57,60-63,88H,24-32,37-41H2,1-23H3,(H,75,90)(H,76,89)(H,77,92)(H,78,91)(H,99,100)/t48-,49+,50-,53+,54+,55+,56+,57+,60+,61+,62+,63-/m1/s1. The highest BCUT2D eigenvalue weighted by Gasteiger charge is 2.46. The van der Waals surface area contributed by atoms with Crippen LogP contribution in [0.5, 0.6) is 0 Å². The fraction of sp³-hybridized carbons (Fsp3) is 0.743. The molecule has 100 heavy (non-hydrogen) atoms. The maximum atomic E-state index is 15.4. The van der Waals surface area contributed by atoms with Gasteiger partial charge in [0.15, 0.2) is 5.78 Å². The second-order valence-corrected chi connectivity index (χ2v) is 30.3. The maximum absolute atomic E-state index is 15.4. The van der Waals surface area contributed by atoms with Crippen LogP contribution in [0.3, 0.4) is 0 Å². The molecule has 1 fully saturated rings. The molecule has 0 spiro atoms. The van der Waals surface area contributed by atoms with Crippen LogP contribution in [0, 0.1) is 41.4 Å². The Morgan fingerprint density at radius 1 is 0.450 bits per heavy atom. The van der Waals surface area contributed by atoms with Crippen molar-refractivity contribution in [1.29, 1.82) is 0 Å². The Morgan fingerprint density at radius 3 is 1.35 bits per heavy atom. The number of rotatable bonds is 24. The molecule has 6 N–H and O–H groups in total. The average Bonchev–Trinajstić information content (AvgIpc) is 0.801. The number of nitrogens with zero attached hydrogens (tertiary/aromatic N) is 7. The van der Waals surface area contributed by atoms with Crippen molar-refractivity contribution in [3.63, 3.8) is 0 Å². The van der Waals surface area contributed by atoms with E-state index in [1.165, 1.54) is 112 Å². The topological polar surface area (TPSA) is 333 Å². The minimum absolute atomic E-state index is 0.00940. The number of nitrogens with one attached hydrogen (secondary N) is 4. The molecule has 1 aliphatic rings. The van der Waals surface area contributed by atoms with E-state index >= 15 is 19.2 Å². The molecule has 0 saturated carbocycles. The van der Waals surface area contributed by atoms with Crippen molar-refractivity contribution in [2.24, 2.45) is 41.4 Å². The van der Waals surface area contributed by atoms with Crippen LogP contribution in [0.4, 0.5) is 0 Å². The van der Waals surface area contributed by atoms with Gasteiger partial charge < -0.3 is 65.8 Å². The fourth-order valence-corrected chi connectivity index (χ4v) is 12.8. The zero-order valence-electron chi connectivity index (χ0n) is 64.4. The third kappa shape index (κ3) is 25.8. The molecule has 1 aliphatic heterocycles. The number of amides is 11. The Morgan fingerprint density at radius 2 is 0.870 bits per heavy atom. The Balaban J connectivity index is 2.85. The van der Waals surface area contributed by atoms with Gasteiger partial charge in [0, 0.05) is 61.3 Å². The monoisotopic (exact) mass is 1410 g/mol. The lowest BCUT2D eigenvalue weighted by atomic mass is 9.90. The van der Waals surface area contributed by atoms with Crippen LogP contribution in [-0.2, 0) is 52.7 Å². The molecule has 0 aliphatic carbocycles. The van der Waals surface area contributed by atoms with Gasteiger partial charge in [-0.3, -0.25) is 57.5 Å². The van der Waals surface area contributed by atoms with Gasteiger partial charge in [-0.05, 0) is 112 Å². The molecule has 2 rings (SSSR count). The van der Waals surface area contributed by atoms with Crippen molar-refractivity contribution in [2.45, 2.75) is 261 Å². The van der Waals surface area contributed by atoms with Gasteiger partial charge in [0.25, 0.3) is 0 Å². The smallest absolute Gasteiger partial charge is 0.335 e. The van der Waals surface area contributed by atoms with Crippen LogP contribution in [0.1, 0.15) is 215 Å². The summed E-state index contributed by atoms with van der Waals surface area (Å²) < 4.78 is 0. The van der Waals surface area contributed by atoms with Gasteiger partial charge in [-0.15, -0.1) is 0 Å². The zero-order valence-corrected chi connectivity index (χ0v) is 64.4. The molecule has 0 radical (unpaired) electrons. The Labute approximate surface area is 595 Å². The number of benzene rings is 1. The summed E-state index contributed by atoms with van der Waals surface area (Å²) in [6, 6.07) is -6.82. The predicted molar refractivity (Wildman–Crippen MR) is 384 cm³/mol. The van der Waals surface area contributed by atoms with Crippen molar-refractivity contribution < 1.29 is 72.5 Å². The summed E-state index contributed by atoms with van der Waals surface area (Å²) in [7, 11) is 9.87. The largest absolute Gasteiger partial charge is 0.478 e. The van der Waals surface area contributed by atoms with E-state index in [0.29, 0.717) is 31.2 Å². The van der Waals surface area contributed by atoms with Crippen LogP contribution in [0.2, 0.25) is 0 Å². The minimum atomic E-state index is -1.66. The number of ketones is 1. The van der Waals surface area contributed by atoms with Gasteiger partial charge in [-0.25, -0.2) is 4.79 Å². The number of hydrogen-bond acceptors (Lipinski definition) is 14. The lowest BCUT2D eigenvalue weighted by molar-refractivity contribution is -0.157. The zero-order chi connectivity index (χ0) is 76.7. The summed E-state index contributed by atoms with van der Waals surface area (Å²) >= 11 is 0. The molecule has 1 heterocycles. The van der Waals surface area contributed by atoms with E-state index in [0.717, 1.165) is 35.5 Å². The first-order valence-corrected chi connectivity index (χ1v) is 36.0. The van der Waals surface area contributed by atoms with E-state index < -0.39 is 162 Å². The number of unbranched alkanes of at least 4 members (excludes halogenated alkanes) is 5. The maximum Gasteiger partial charge on any atom is 0.335 e. The van der Waals surface area contributed by atoms with Gasteiger partial charge in [-0.2, -0.15) is 0 Å². The molecule has 0 unspecified atom stereocenters. The average molecular weight is 1410 g/mol. The minimum Gasteiger partial charge on any atom is -0.478 e. The van der Waals surface area contributed by atoms with Gasteiger partial charge in [0.05, 0.1) is 18.2 Å². The Kier molecular flexibility index (Phi) is 36.7. The summed E-state index contributed by atoms with van der Waals surface area (Å²) in [4.78, 5) is 194. The summed E-state index contributed by atoms with van der Waals surface area (Å²) in [5.41, 5.74) is 0.534. The number of carboxylic acids is 1. The molecule has 26 nitrogen and oxygen atoms in total. The molecule has 11 amide bonds. The summed E-state index contributed by atoms with van der Waals surface area (Å²) in [5.74, 6) is -11.3. The van der Waals surface area contributed by atoms with Crippen molar-refractivity contribution >= 4 is 76.7 Å². The lowest BCUT2D eigenvalue weighted by Gasteiger charge is -2.41. The third-order valence-electron chi connectivity index (χ3n) is 19.1. The van der Waals surface area contributed by atoms with Crippen LogP contribution < -0.4 is 21.3 Å². The van der Waals surface area contributed by atoms with Crippen molar-refractivity contribution in [1.82, 2.24) is 55.6 Å². The molecule has 1 aromatic rings. The van der Waals surface area contributed by atoms with E-state index in [2.05, 4.69) is 21.3 Å². The van der Waals surface area contributed by atoms with Crippen molar-refractivity contribution in [2.75, 3.05) is 55.9 Å². The first-order chi connectivity index (χ1) is 46.4. The number of Topliss-reactive ketones (excluding diaryl/α,β-unsaturated/α-hetero) is 1. The van der Waals surface area contributed by atoms with Gasteiger partial charge in [0.1, 0.15) is 60.4 Å². The normalized spacial score (nSPS) is 24.5. The Hall–Kier alpha value is -7.51. The number of aromatic carboxylic acids is 1. The van der Waals surface area contributed by atoms with Crippen LogP contribution in [-0.4, -0.2) is 244 Å². The number of carbonyl (C=O) groups is 13. The van der Waals surface area contributed by atoms with Crippen LogP contribution in [0.15, 0.2) is 24.3 Å². The van der Waals surface area contributed by atoms with E-state index in [4.69, 9.17) is 0 Å². The first kappa shape index (κ1) is 88.6. The molecule has 26 heteroatoms. The molecular formula is C74H125N11O15. The Bertz CT molecular complexity index is 2940. The number of hydrogen-bond donors (Lipinski definition) is 6. The second kappa shape index (κ2) is 41.4. The van der Waals surface area contributed by atoms with E-state index in [-0.39, 0.29) is 67.1 Å². The molecular weight excluding hydrogens is 1280 g/mol. The van der Waals surface area contributed by atoms with Gasteiger partial charge in [0.2, 0.25) is 65.0 Å².